The number of para-hydroxylation sites is 1. The van der Waals surface area contributed by atoms with E-state index in [0.29, 0.717) is 18.7 Å². The molecule has 0 saturated carbocycles. The molecule has 1 fully saturated rings. The maximum atomic E-state index is 11.5. The lowest BCUT2D eigenvalue weighted by molar-refractivity contribution is -0.385. The summed E-state index contributed by atoms with van der Waals surface area (Å²) in [6, 6.07) is 6.47. The van der Waals surface area contributed by atoms with Crippen LogP contribution in [0, 0.1) is 10.1 Å². The number of hydrogen-bond acceptors (Lipinski definition) is 4. The Morgan fingerprint density at radius 2 is 2.24 bits per heavy atom. The first-order chi connectivity index (χ1) is 8.18. The van der Waals surface area contributed by atoms with Crippen molar-refractivity contribution >= 4 is 17.0 Å². The van der Waals surface area contributed by atoms with Crippen molar-refractivity contribution in [2.75, 3.05) is 13.2 Å². The minimum Gasteiger partial charge on any atom is -0.278 e. The summed E-state index contributed by atoms with van der Waals surface area (Å²) >= 11 is -1.49. The molecule has 0 radical (unpaired) electrons. The Morgan fingerprint density at radius 1 is 1.47 bits per heavy atom. The third kappa shape index (κ3) is 2.87. The van der Waals surface area contributed by atoms with Gasteiger partial charge in [0.05, 0.1) is 11.5 Å². The van der Waals surface area contributed by atoms with E-state index < -0.39 is 16.2 Å². The molecule has 0 bridgehead atoms. The van der Waals surface area contributed by atoms with E-state index in [1.165, 1.54) is 6.07 Å². The van der Waals surface area contributed by atoms with E-state index in [2.05, 4.69) is 0 Å². The third-order valence-corrected chi connectivity index (χ3v) is 3.58. The van der Waals surface area contributed by atoms with Gasteiger partial charge >= 0.3 is 0 Å². The predicted molar refractivity (Wildman–Crippen MR) is 62.2 cm³/mol. The molecule has 0 aliphatic carbocycles. The van der Waals surface area contributed by atoms with E-state index >= 15 is 0 Å². The summed E-state index contributed by atoms with van der Waals surface area (Å²) in [6.45, 7) is 1.36. The van der Waals surface area contributed by atoms with Crippen molar-refractivity contribution in [1.82, 2.24) is 4.31 Å². The van der Waals surface area contributed by atoms with E-state index in [-0.39, 0.29) is 12.2 Å². The average Bonchev–Trinajstić information content (AvgIpc) is 2.32. The minimum atomic E-state index is -1.49. The molecule has 1 atom stereocenters. The highest BCUT2D eigenvalue weighted by atomic mass is 32.2. The zero-order valence-corrected chi connectivity index (χ0v) is 9.89. The Kier molecular flexibility index (Phi) is 3.82. The Bertz CT molecular complexity index is 452. The summed E-state index contributed by atoms with van der Waals surface area (Å²) in [5.41, 5.74) is 0.603. The molecule has 6 nitrogen and oxygen atoms in total. The van der Waals surface area contributed by atoms with Crippen LogP contribution >= 0.6 is 0 Å². The molecule has 0 amide bonds. The standard InChI is InChI=1S/C10H12N2O4S/c13-12(14)10-5-2-1-4-9(10)8-11-6-3-7-16-17(11)15/h1-2,4-5H,3,6-8H2. The summed E-state index contributed by atoms with van der Waals surface area (Å²) in [5, 5.41) is 10.8. The van der Waals surface area contributed by atoms with Gasteiger partial charge in [-0.3, -0.25) is 14.3 Å². The van der Waals surface area contributed by atoms with Crippen LogP contribution in [0.2, 0.25) is 0 Å². The Hall–Kier alpha value is -1.31. The average molecular weight is 256 g/mol. The number of hydrogen-bond donors (Lipinski definition) is 0. The molecular weight excluding hydrogens is 244 g/mol. The van der Waals surface area contributed by atoms with Crippen molar-refractivity contribution in [1.29, 1.82) is 0 Å². The van der Waals surface area contributed by atoms with Gasteiger partial charge in [-0.2, -0.15) is 4.31 Å². The summed E-state index contributed by atoms with van der Waals surface area (Å²) in [5.74, 6) is 0. The molecule has 7 heteroatoms. The van der Waals surface area contributed by atoms with E-state index in [9.17, 15) is 14.3 Å². The van der Waals surface area contributed by atoms with Crippen LogP contribution in [0.4, 0.5) is 5.69 Å². The van der Waals surface area contributed by atoms with Crippen LogP contribution in [0.5, 0.6) is 0 Å². The van der Waals surface area contributed by atoms with Crippen LogP contribution in [0.3, 0.4) is 0 Å². The monoisotopic (exact) mass is 256 g/mol. The number of nitro groups is 1. The van der Waals surface area contributed by atoms with Gasteiger partial charge in [-0.15, -0.1) is 0 Å². The highest BCUT2D eigenvalue weighted by Crippen LogP contribution is 2.21. The molecule has 1 aliphatic heterocycles. The van der Waals surface area contributed by atoms with Gasteiger partial charge in [-0.1, -0.05) is 18.2 Å². The first-order valence-electron chi connectivity index (χ1n) is 5.21. The van der Waals surface area contributed by atoms with Gasteiger partial charge in [0.1, 0.15) is 0 Å². The molecule has 0 spiro atoms. The Labute approximate surface area is 101 Å². The van der Waals surface area contributed by atoms with Crippen LogP contribution in [0.25, 0.3) is 0 Å². The first-order valence-corrected chi connectivity index (χ1v) is 6.24. The van der Waals surface area contributed by atoms with E-state index in [0.717, 1.165) is 6.42 Å². The predicted octanol–water partition coefficient (Wildman–Crippen LogP) is 1.40. The fourth-order valence-electron chi connectivity index (χ4n) is 1.66. The van der Waals surface area contributed by atoms with Crippen molar-refractivity contribution in [2.45, 2.75) is 13.0 Å². The van der Waals surface area contributed by atoms with Gasteiger partial charge in [0.25, 0.3) is 5.69 Å². The molecule has 1 unspecified atom stereocenters. The van der Waals surface area contributed by atoms with Crippen molar-refractivity contribution in [3.63, 3.8) is 0 Å². The second-order valence-electron chi connectivity index (χ2n) is 3.64. The van der Waals surface area contributed by atoms with Crippen molar-refractivity contribution in [3.8, 4) is 0 Å². The van der Waals surface area contributed by atoms with E-state index in [1.807, 2.05) is 0 Å². The van der Waals surface area contributed by atoms with Gasteiger partial charge in [-0.05, 0) is 6.42 Å². The number of rotatable bonds is 3. The largest absolute Gasteiger partial charge is 0.278 e. The summed E-state index contributed by atoms with van der Waals surface area (Å²) in [4.78, 5) is 10.4. The van der Waals surface area contributed by atoms with Crippen LogP contribution in [-0.2, 0) is 22.0 Å². The molecule has 2 rings (SSSR count). The molecule has 0 N–H and O–H groups in total. The molecule has 92 valence electrons. The second kappa shape index (κ2) is 5.35. The Morgan fingerprint density at radius 3 is 2.94 bits per heavy atom. The molecule has 17 heavy (non-hydrogen) atoms. The fourth-order valence-corrected chi connectivity index (χ4v) is 2.60. The smallest absolute Gasteiger partial charge is 0.273 e. The summed E-state index contributed by atoms with van der Waals surface area (Å²) < 4.78 is 18.1. The van der Waals surface area contributed by atoms with Gasteiger partial charge in [0.2, 0.25) is 11.3 Å². The molecule has 1 aliphatic rings. The van der Waals surface area contributed by atoms with Gasteiger partial charge in [0.15, 0.2) is 0 Å². The molecule has 1 saturated heterocycles. The highest BCUT2D eigenvalue weighted by Gasteiger charge is 2.22. The second-order valence-corrected chi connectivity index (χ2v) is 4.83. The van der Waals surface area contributed by atoms with Crippen LogP contribution in [0.15, 0.2) is 24.3 Å². The van der Waals surface area contributed by atoms with E-state index in [1.54, 1.807) is 22.5 Å². The number of nitro benzene ring substituents is 1. The zero-order chi connectivity index (χ0) is 12.3. The third-order valence-electron chi connectivity index (χ3n) is 2.48. The number of benzene rings is 1. The normalized spacial score (nSPS) is 21.3. The van der Waals surface area contributed by atoms with Gasteiger partial charge < -0.3 is 0 Å². The van der Waals surface area contributed by atoms with Gasteiger partial charge in [0, 0.05) is 24.7 Å². The molecular formula is C10H12N2O4S. The quantitative estimate of drug-likeness (QED) is 0.605. The fraction of sp³-hybridized carbons (Fsp3) is 0.400. The first kappa shape index (κ1) is 12.2. The summed E-state index contributed by atoms with van der Waals surface area (Å²) in [7, 11) is 0. The van der Waals surface area contributed by atoms with Crippen molar-refractivity contribution in [2.24, 2.45) is 0 Å². The zero-order valence-electron chi connectivity index (χ0n) is 9.07. The molecule has 1 aromatic rings. The molecule has 1 aromatic carbocycles. The maximum absolute atomic E-state index is 11.5. The summed E-state index contributed by atoms with van der Waals surface area (Å²) in [6.07, 6.45) is 0.784. The molecule has 1 heterocycles. The van der Waals surface area contributed by atoms with Crippen molar-refractivity contribution < 1.29 is 13.3 Å². The lowest BCUT2D eigenvalue weighted by atomic mass is 10.2. The van der Waals surface area contributed by atoms with Crippen LogP contribution in [-0.4, -0.2) is 26.6 Å². The molecule has 0 aromatic heterocycles. The maximum Gasteiger partial charge on any atom is 0.273 e. The van der Waals surface area contributed by atoms with Crippen molar-refractivity contribution in [3.05, 3.63) is 39.9 Å². The highest BCUT2D eigenvalue weighted by molar-refractivity contribution is 7.77. The lowest BCUT2D eigenvalue weighted by Gasteiger charge is -2.24. The minimum absolute atomic E-state index is 0.0510. The van der Waals surface area contributed by atoms with Crippen LogP contribution < -0.4 is 0 Å². The SMILES string of the molecule is O=[N+]([O-])c1ccccc1CN1CCCOS1=O. The number of nitrogens with zero attached hydrogens (tertiary/aromatic N) is 2. The van der Waals surface area contributed by atoms with E-state index in [4.69, 9.17) is 4.18 Å². The Balaban J connectivity index is 2.17. The topological polar surface area (TPSA) is 72.7 Å². The van der Waals surface area contributed by atoms with Gasteiger partial charge in [-0.25, -0.2) is 4.21 Å². The van der Waals surface area contributed by atoms with Crippen LogP contribution in [0.1, 0.15) is 12.0 Å². The lowest BCUT2D eigenvalue weighted by Crippen LogP contribution is -2.33.